The highest BCUT2D eigenvalue weighted by Gasteiger charge is 2.13. The molecule has 0 aliphatic carbocycles. The summed E-state index contributed by atoms with van der Waals surface area (Å²) in [5, 5.41) is 14.0. The van der Waals surface area contributed by atoms with Gasteiger partial charge in [0, 0.05) is 20.2 Å². The van der Waals surface area contributed by atoms with E-state index in [9.17, 15) is 14.4 Å². The molecule has 0 spiro atoms. The maximum atomic E-state index is 12.2. The van der Waals surface area contributed by atoms with E-state index in [0.29, 0.717) is 5.82 Å². The van der Waals surface area contributed by atoms with Crippen molar-refractivity contribution in [3.63, 3.8) is 0 Å². The zero-order chi connectivity index (χ0) is 17.3. The molecule has 0 aliphatic heterocycles. The lowest BCUT2D eigenvalue weighted by atomic mass is 10.3. The summed E-state index contributed by atoms with van der Waals surface area (Å²) in [5.74, 6) is -0.142. The summed E-state index contributed by atoms with van der Waals surface area (Å²) >= 11 is 0. The molecule has 0 aliphatic rings. The first kappa shape index (κ1) is 15.3. The Morgan fingerprint density at radius 3 is 2.54 bits per heavy atom. The van der Waals surface area contributed by atoms with Crippen LogP contribution in [0.4, 0.5) is 5.82 Å². The van der Waals surface area contributed by atoms with Crippen LogP contribution in [0.2, 0.25) is 0 Å². The molecule has 3 aromatic heterocycles. The van der Waals surface area contributed by atoms with E-state index in [0.717, 1.165) is 15.2 Å². The number of anilines is 1. The molecule has 0 bridgehead atoms. The third kappa shape index (κ3) is 2.69. The van der Waals surface area contributed by atoms with Crippen LogP contribution in [0.5, 0.6) is 0 Å². The minimum absolute atomic E-state index is 0.0204. The summed E-state index contributed by atoms with van der Waals surface area (Å²) in [6.07, 6.45) is 2.79. The number of amides is 1. The van der Waals surface area contributed by atoms with E-state index < -0.39 is 17.2 Å². The number of hydrogen-bond donors (Lipinski definition) is 1. The first-order chi connectivity index (χ1) is 11.5. The van der Waals surface area contributed by atoms with Gasteiger partial charge in [0.2, 0.25) is 0 Å². The van der Waals surface area contributed by atoms with Crippen LogP contribution in [0.25, 0.3) is 5.82 Å². The van der Waals surface area contributed by atoms with Crippen LogP contribution < -0.4 is 16.6 Å². The highest BCUT2D eigenvalue weighted by Crippen LogP contribution is 2.05. The normalized spacial score (nSPS) is 10.6. The number of aromatic nitrogens is 7. The molecule has 0 aromatic carbocycles. The number of nitrogens with zero attached hydrogens (tertiary/aromatic N) is 7. The third-order valence-corrected chi connectivity index (χ3v) is 3.30. The van der Waals surface area contributed by atoms with E-state index in [-0.39, 0.29) is 11.5 Å². The Labute approximate surface area is 134 Å². The molecule has 11 nitrogen and oxygen atoms in total. The number of hydrogen-bond acceptors (Lipinski definition) is 7. The van der Waals surface area contributed by atoms with Gasteiger partial charge in [0.25, 0.3) is 11.5 Å². The second-order valence-electron chi connectivity index (χ2n) is 4.84. The molecule has 0 unspecified atom stereocenters. The molecular weight excluding hydrogens is 316 g/mol. The van der Waals surface area contributed by atoms with Crippen molar-refractivity contribution in [2.24, 2.45) is 14.1 Å². The highest BCUT2D eigenvalue weighted by molar-refractivity contribution is 6.02. The fourth-order valence-electron chi connectivity index (χ4n) is 1.93. The molecule has 0 fully saturated rings. The zero-order valence-electron chi connectivity index (χ0n) is 12.7. The van der Waals surface area contributed by atoms with Crippen LogP contribution in [0.15, 0.2) is 40.4 Å². The van der Waals surface area contributed by atoms with E-state index in [2.05, 4.69) is 25.6 Å². The van der Waals surface area contributed by atoms with Gasteiger partial charge in [-0.3, -0.25) is 18.7 Å². The van der Waals surface area contributed by atoms with Gasteiger partial charge in [-0.25, -0.2) is 14.5 Å². The molecule has 0 radical (unpaired) electrons. The average molecular weight is 328 g/mol. The fourth-order valence-corrected chi connectivity index (χ4v) is 1.93. The van der Waals surface area contributed by atoms with Crippen molar-refractivity contribution in [3.05, 3.63) is 57.4 Å². The zero-order valence-corrected chi connectivity index (χ0v) is 12.7. The van der Waals surface area contributed by atoms with E-state index in [1.807, 2.05) is 0 Å². The van der Waals surface area contributed by atoms with Gasteiger partial charge >= 0.3 is 5.69 Å². The third-order valence-electron chi connectivity index (χ3n) is 3.30. The van der Waals surface area contributed by atoms with E-state index in [4.69, 9.17) is 0 Å². The van der Waals surface area contributed by atoms with Crippen molar-refractivity contribution in [1.82, 2.24) is 34.1 Å². The highest BCUT2D eigenvalue weighted by atomic mass is 16.2. The average Bonchev–Trinajstić information content (AvgIpc) is 3.12. The molecule has 3 rings (SSSR count). The summed E-state index contributed by atoms with van der Waals surface area (Å²) < 4.78 is 3.47. The van der Waals surface area contributed by atoms with Gasteiger partial charge in [-0.1, -0.05) is 0 Å². The molecule has 24 heavy (non-hydrogen) atoms. The van der Waals surface area contributed by atoms with Gasteiger partial charge in [-0.05, 0) is 12.1 Å². The molecule has 0 atom stereocenters. The van der Waals surface area contributed by atoms with E-state index >= 15 is 0 Å². The molecule has 3 heterocycles. The Hall–Kier alpha value is -3.63. The SMILES string of the molecule is Cn1c(NC(=O)c2ccc(-n3cncn3)nn2)cc(=O)n(C)c1=O. The van der Waals surface area contributed by atoms with Crippen LogP contribution in [0.3, 0.4) is 0 Å². The standard InChI is InChI=1S/C13H12N8O3/c1-19-10(5-11(22)20(2)13(19)24)16-12(23)8-3-4-9(18-17-8)21-7-14-6-15-21/h3-7H,1-2H3,(H,16,23). The molecule has 0 saturated carbocycles. The maximum absolute atomic E-state index is 12.2. The van der Waals surface area contributed by atoms with Crippen molar-refractivity contribution in [3.8, 4) is 5.82 Å². The Morgan fingerprint density at radius 1 is 1.12 bits per heavy atom. The van der Waals surface area contributed by atoms with E-state index in [1.54, 1.807) is 6.07 Å². The van der Waals surface area contributed by atoms with Crippen LogP contribution in [-0.2, 0) is 14.1 Å². The lowest BCUT2D eigenvalue weighted by molar-refractivity contribution is 0.102. The summed E-state index contributed by atoms with van der Waals surface area (Å²) in [5.41, 5.74) is -1.06. The molecular formula is C13H12N8O3. The summed E-state index contributed by atoms with van der Waals surface area (Å²) in [6, 6.07) is 4.13. The number of carbonyl (C=O) groups is 1. The first-order valence-corrected chi connectivity index (χ1v) is 6.74. The van der Waals surface area contributed by atoms with Crippen molar-refractivity contribution >= 4 is 11.7 Å². The van der Waals surface area contributed by atoms with Gasteiger partial charge in [0.1, 0.15) is 18.5 Å². The monoisotopic (exact) mass is 328 g/mol. The van der Waals surface area contributed by atoms with Gasteiger partial charge in [-0.15, -0.1) is 10.2 Å². The van der Waals surface area contributed by atoms with Crippen LogP contribution >= 0.6 is 0 Å². The van der Waals surface area contributed by atoms with Crippen molar-refractivity contribution in [2.45, 2.75) is 0 Å². The predicted octanol–water partition coefficient (Wildman–Crippen LogP) is -1.29. The maximum Gasteiger partial charge on any atom is 0.332 e. The summed E-state index contributed by atoms with van der Waals surface area (Å²) in [7, 11) is 2.79. The molecule has 3 aromatic rings. The van der Waals surface area contributed by atoms with Gasteiger partial charge in [-0.2, -0.15) is 5.10 Å². The second-order valence-corrected chi connectivity index (χ2v) is 4.84. The Balaban J connectivity index is 1.86. The Kier molecular flexibility index (Phi) is 3.74. The van der Waals surface area contributed by atoms with Crippen molar-refractivity contribution in [1.29, 1.82) is 0 Å². The van der Waals surface area contributed by atoms with Crippen molar-refractivity contribution < 1.29 is 4.79 Å². The van der Waals surface area contributed by atoms with Crippen LogP contribution in [-0.4, -0.2) is 40.0 Å². The summed E-state index contributed by atoms with van der Waals surface area (Å²) in [6.45, 7) is 0. The quantitative estimate of drug-likeness (QED) is 0.633. The van der Waals surface area contributed by atoms with Crippen LogP contribution in [0.1, 0.15) is 10.5 Å². The lowest BCUT2D eigenvalue weighted by Gasteiger charge is -2.10. The smallest absolute Gasteiger partial charge is 0.306 e. The van der Waals surface area contributed by atoms with Crippen molar-refractivity contribution in [2.75, 3.05) is 5.32 Å². The van der Waals surface area contributed by atoms with Gasteiger partial charge < -0.3 is 5.32 Å². The number of carbonyl (C=O) groups excluding carboxylic acids is 1. The molecule has 11 heteroatoms. The second kappa shape index (κ2) is 5.87. The topological polar surface area (TPSA) is 130 Å². The molecule has 0 saturated heterocycles. The minimum atomic E-state index is -0.601. The molecule has 122 valence electrons. The number of rotatable bonds is 3. The minimum Gasteiger partial charge on any atom is -0.306 e. The lowest BCUT2D eigenvalue weighted by Crippen LogP contribution is -2.38. The molecule has 1 amide bonds. The Morgan fingerprint density at radius 2 is 1.92 bits per heavy atom. The molecule has 1 N–H and O–H groups in total. The van der Waals surface area contributed by atoms with Gasteiger partial charge in [0.15, 0.2) is 11.5 Å². The first-order valence-electron chi connectivity index (χ1n) is 6.74. The van der Waals surface area contributed by atoms with E-state index in [1.165, 1.54) is 37.5 Å². The predicted molar refractivity (Wildman–Crippen MR) is 81.8 cm³/mol. The summed E-state index contributed by atoms with van der Waals surface area (Å²) in [4.78, 5) is 39.5. The van der Waals surface area contributed by atoms with Gasteiger partial charge in [0.05, 0.1) is 0 Å². The fraction of sp³-hybridized carbons (Fsp3) is 0.154. The number of nitrogens with one attached hydrogen (secondary N) is 1. The van der Waals surface area contributed by atoms with Crippen LogP contribution in [0, 0.1) is 0 Å². The largest absolute Gasteiger partial charge is 0.332 e. The Bertz CT molecular complexity index is 1000.